The van der Waals surface area contributed by atoms with Crippen molar-refractivity contribution in [1.82, 2.24) is 9.80 Å². The first-order valence-electron chi connectivity index (χ1n) is 7.37. The van der Waals surface area contributed by atoms with Crippen LogP contribution in [0.5, 0.6) is 0 Å². The molecule has 1 N–H and O–H groups in total. The Labute approximate surface area is 127 Å². The van der Waals surface area contributed by atoms with E-state index in [4.69, 9.17) is 16.4 Å². The molecule has 1 heterocycles. The second kappa shape index (κ2) is 9.55. The highest BCUT2D eigenvalue weighted by Crippen LogP contribution is 2.15. The third-order valence-electron chi connectivity index (χ3n) is 3.54. The van der Waals surface area contributed by atoms with Crippen LogP contribution in [0.15, 0.2) is 5.16 Å². The Morgan fingerprint density at radius 2 is 2.10 bits per heavy atom. The zero-order valence-electron chi connectivity index (χ0n) is 12.9. The molecule has 0 aliphatic carbocycles. The maximum Gasteiger partial charge on any atom is 0.146 e. The maximum absolute atomic E-state index is 9.91. The number of nitrogens with zero attached hydrogens (tertiary/aromatic N) is 3. The summed E-state index contributed by atoms with van der Waals surface area (Å²) in [6.07, 6.45) is 2.57. The number of aliphatic hydroxyl groups is 1. The van der Waals surface area contributed by atoms with E-state index < -0.39 is 6.10 Å². The summed E-state index contributed by atoms with van der Waals surface area (Å²) in [6, 6.07) is 0. The Kier molecular flexibility index (Phi) is 8.45. The molecule has 118 valence electrons. The normalized spacial score (nSPS) is 20.4. The predicted octanol–water partition coefficient (Wildman–Crippen LogP) is 1.60. The van der Waals surface area contributed by atoms with Crippen molar-refractivity contribution < 1.29 is 9.94 Å². The fraction of sp³-hybridized carbons (Fsp3) is 0.929. The van der Waals surface area contributed by atoms with Gasteiger partial charge in [0.05, 0.1) is 0 Å². The van der Waals surface area contributed by atoms with E-state index in [9.17, 15) is 5.11 Å². The zero-order chi connectivity index (χ0) is 15.0. The molecule has 6 heteroatoms. The fourth-order valence-electron chi connectivity index (χ4n) is 2.15. The summed E-state index contributed by atoms with van der Waals surface area (Å²) >= 11 is 5.92. The molecule has 0 saturated carbocycles. The van der Waals surface area contributed by atoms with Gasteiger partial charge in [-0.25, -0.2) is 0 Å². The minimum atomic E-state index is -0.509. The summed E-state index contributed by atoms with van der Waals surface area (Å²) in [5.41, 5.74) is 0. The molecule has 20 heavy (non-hydrogen) atoms. The topological polar surface area (TPSA) is 48.3 Å². The van der Waals surface area contributed by atoms with Crippen LogP contribution < -0.4 is 0 Å². The molecule has 1 atom stereocenters. The lowest BCUT2D eigenvalue weighted by Gasteiger charge is -2.31. The molecule has 1 aliphatic heterocycles. The summed E-state index contributed by atoms with van der Waals surface area (Å²) in [5.74, 6) is 0.805. The number of piperidine rings is 1. The SMILES string of the molecule is CC1CCN(CC(O)CO/N=C(/Cl)CCN(C)C)CC1. The highest BCUT2D eigenvalue weighted by atomic mass is 35.5. The molecule has 5 nitrogen and oxygen atoms in total. The van der Waals surface area contributed by atoms with Crippen molar-refractivity contribution in [3.8, 4) is 0 Å². The van der Waals surface area contributed by atoms with Crippen LogP contribution in [-0.4, -0.2) is 73.1 Å². The molecule has 1 rings (SSSR count). The van der Waals surface area contributed by atoms with Gasteiger partial charge in [-0.3, -0.25) is 0 Å². The summed E-state index contributed by atoms with van der Waals surface area (Å²) < 4.78 is 0. The zero-order valence-corrected chi connectivity index (χ0v) is 13.6. The summed E-state index contributed by atoms with van der Waals surface area (Å²) in [5, 5.41) is 14.2. The Morgan fingerprint density at radius 3 is 2.70 bits per heavy atom. The van der Waals surface area contributed by atoms with Crippen molar-refractivity contribution in [3.63, 3.8) is 0 Å². The molecular formula is C14H28ClN3O2. The van der Waals surface area contributed by atoms with Gasteiger partial charge in [-0.05, 0) is 45.9 Å². The standard InChI is InChI=1S/C14H28ClN3O2/c1-12-4-8-18(9-5-12)10-13(19)11-20-16-14(15)6-7-17(2)3/h12-13,19H,4-11H2,1-3H3/b16-14+. The molecule has 1 aliphatic rings. The fourth-order valence-corrected chi connectivity index (χ4v) is 2.28. The van der Waals surface area contributed by atoms with E-state index in [0.717, 1.165) is 25.6 Å². The Hall–Kier alpha value is -0.360. The summed E-state index contributed by atoms with van der Waals surface area (Å²) in [7, 11) is 3.96. The number of rotatable bonds is 8. The number of hydrogen-bond donors (Lipinski definition) is 1. The van der Waals surface area contributed by atoms with Gasteiger partial charge in [0.15, 0.2) is 0 Å². The van der Waals surface area contributed by atoms with Crippen molar-refractivity contribution >= 4 is 16.8 Å². The maximum atomic E-state index is 9.91. The Morgan fingerprint density at radius 1 is 1.45 bits per heavy atom. The number of halogens is 1. The number of likely N-dealkylation sites (tertiary alicyclic amines) is 1. The first-order valence-corrected chi connectivity index (χ1v) is 7.74. The van der Waals surface area contributed by atoms with Gasteiger partial charge < -0.3 is 19.7 Å². The third kappa shape index (κ3) is 8.04. The van der Waals surface area contributed by atoms with E-state index in [-0.39, 0.29) is 6.61 Å². The molecule has 1 saturated heterocycles. The lowest BCUT2D eigenvalue weighted by molar-refractivity contribution is 0.0133. The van der Waals surface area contributed by atoms with E-state index in [1.54, 1.807) is 0 Å². The summed E-state index contributed by atoms with van der Waals surface area (Å²) in [4.78, 5) is 9.43. The number of hydrogen-bond acceptors (Lipinski definition) is 5. The van der Waals surface area contributed by atoms with Gasteiger partial charge in [0, 0.05) is 19.5 Å². The van der Waals surface area contributed by atoms with Crippen molar-refractivity contribution in [2.75, 3.05) is 46.9 Å². The smallest absolute Gasteiger partial charge is 0.146 e. The highest BCUT2D eigenvalue weighted by Gasteiger charge is 2.18. The first-order chi connectivity index (χ1) is 9.47. The van der Waals surface area contributed by atoms with E-state index in [0.29, 0.717) is 18.1 Å². The molecule has 0 bridgehead atoms. The second-order valence-corrected chi connectivity index (χ2v) is 6.39. The van der Waals surface area contributed by atoms with Crippen LogP contribution in [0.2, 0.25) is 0 Å². The van der Waals surface area contributed by atoms with E-state index in [1.807, 2.05) is 19.0 Å². The monoisotopic (exact) mass is 305 g/mol. The van der Waals surface area contributed by atoms with Gasteiger partial charge in [0.2, 0.25) is 0 Å². The van der Waals surface area contributed by atoms with Gasteiger partial charge >= 0.3 is 0 Å². The molecule has 1 unspecified atom stereocenters. The Balaban J connectivity index is 2.13. The predicted molar refractivity (Wildman–Crippen MR) is 83.3 cm³/mol. The molecule has 0 amide bonds. The molecule has 0 spiro atoms. The van der Waals surface area contributed by atoms with Gasteiger partial charge in [-0.2, -0.15) is 0 Å². The largest absolute Gasteiger partial charge is 0.392 e. The van der Waals surface area contributed by atoms with Crippen molar-refractivity contribution in [1.29, 1.82) is 0 Å². The number of β-amino-alcohol motifs (C(OH)–C–C–N with tert-alkyl or cyclic N) is 1. The lowest BCUT2D eigenvalue weighted by atomic mass is 9.99. The van der Waals surface area contributed by atoms with Gasteiger partial charge in [0.1, 0.15) is 17.9 Å². The molecular weight excluding hydrogens is 278 g/mol. The van der Waals surface area contributed by atoms with E-state index >= 15 is 0 Å². The van der Waals surface area contributed by atoms with Crippen molar-refractivity contribution in [2.45, 2.75) is 32.3 Å². The van der Waals surface area contributed by atoms with Crippen LogP contribution in [0.25, 0.3) is 0 Å². The van der Waals surface area contributed by atoms with Crippen LogP contribution >= 0.6 is 11.6 Å². The highest BCUT2D eigenvalue weighted by molar-refractivity contribution is 6.65. The number of aliphatic hydroxyl groups excluding tert-OH is 1. The molecule has 0 aromatic rings. The Bertz CT molecular complexity index is 292. The van der Waals surface area contributed by atoms with E-state index in [1.165, 1.54) is 12.8 Å². The quantitative estimate of drug-likeness (QED) is 0.547. The van der Waals surface area contributed by atoms with Gasteiger partial charge in [-0.1, -0.05) is 23.7 Å². The second-order valence-electron chi connectivity index (χ2n) is 5.95. The van der Waals surface area contributed by atoms with Crippen molar-refractivity contribution in [2.24, 2.45) is 11.1 Å². The number of oxime groups is 1. The minimum absolute atomic E-state index is 0.199. The van der Waals surface area contributed by atoms with Gasteiger partial charge in [0.25, 0.3) is 0 Å². The average Bonchev–Trinajstić information content (AvgIpc) is 2.39. The molecule has 0 aromatic heterocycles. The lowest BCUT2D eigenvalue weighted by Crippen LogP contribution is -2.39. The summed E-state index contributed by atoms with van der Waals surface area (Å²) in [6.45, 7) is 6.08. The van der Waals surface area contributed by atoms with Crippen LogP contribution in [0.1, 0.15) is 26.2 Å². The van der Waals surface area contributed by atoms with Crippen LogP contribution in [0.3, 0.4) is 0 Å². The molecule has 1 fully saturated rings. The third-order valence-corrected chi connectivity index (χ3v) is 3.80. The van der Waals surface area contributed by atoms with Gasteiger partial charge in [-0.15, -0.1) is 0 Å². The van der Waals surface area contributed by atoms with Crippen LogP contribution in [0, 0.1) is 5.92 Å². The van der Waals surface area contributed by atoms with Crippen LogP contribution in [-0.2, 0) is 4.84 Å². The molecule has 0 radical (unpaired) electrons. The minimum Gasteiger partial charge on any atom is -0.392 e. The average molecular weight is 306 g/mol. The van der Waals surface area contributed by atoms with Crippen LogP contribution in [0.4, 0.5) is 0 Å². The van der Waals surface area contributed by atoms with Crippen molar-refractivity contribution in [3.05, 3.63) is 0 Å². The first kappa shape index (κ1) is 17.7. The van der Waals surface area contributed by atoms with E-state index in [2.05, 4.69) is 17.0 Å². The molecule has 0 aromatic carbocycles.